The van der Waals surface area contributed by atoms with E-state index in [0.29, 0.717) is 11.7 Å². The van der Waals surface area contributed by atoms with E-state index in [1.165, 1.54) is 0 Å². The summed E-state index contributed by atoms with van der Waals surface area (Å²) < 4.78 is 5.45. The van der Waals surface area contributed by atoms with Gasteiger partial charge in [0.25, 0.3) is 0 Å². The van der Waals surface area contributed by atoms with Crippen LogP contribution >= 0.6 is 0 Å². The van der Waals surface area contributed by atoms with Gasteiger partial charge in [-0.2, -0.15) is 4.98 Å². The molecule has 14 heavy (non-hydrogen) atoms. The van der Waals surface area contributed by atoms with E-state index >= 15 is 0 Å². The second-order valence-corrected chi connectivity index (χ2v) is 3.46. The Morgan fingerprint density at radius 1 is 1.43 bits per heavy atom. The van der Waals surface area contributed by atoms with Gasteiger partial charge < -0.3 is 10.5 Å². The molecule has 4 heteroatoms. The van der Waals surface area contributed by atoms with E-state index in [2.05, 4.69) is 16.9 Å². The van der Waals surface area contributed by atoms with Gasteiger partial charge in [0.2, 0.25) is 5.88 Å². The topological polar surface area (TPSA) is 61.0 Å². The number of ether oxygens (including phenoxy) is 1. The van der Waals surface area contributed by atoms with Crippen LogP contribution in [0.3, 0.4) is 0 Å². The molecule has 0 radical (unpaired) electrons. The van der Waals surface area contributed by atoms with Crippen LogP contribution in [0.1, 0.15) is 33.0 Å². The number of nitrogens with zero attached hydrogens (tertiary/aromatic N) is 2. The second kappa shape index (κ2) is 4.79. The molecule has 0 unspecified atom stereocenters. The zero-order valence-corrected chi connectivity index (χ0v) is 8.95. The number of rotatable bonds is 4. The van der Waals surface area contributed by atoms with E-state index in [4.69, 9.17) is 10.5 Å². The highest BCUT2D eigenvalue weighted by atomic mass is 16.5. The van der Waals surface area contributed by atoms with Crippen LogP contribution in [-0.2, 0) is 6.42 Å². The molecule has 4 nitrogen and oxygen atoms in total. The van der Waals surface area contributed by atoms with Gasteiger partial charge in [0.1, 0.15) is 11.6 Å². The van der Waals surface area contributed by atoms with Gasteiger partial charge in [-0.05, 0) is 20.3 Å². The van der Waals surface area contributed by atoms with Crippen molar-refractivity contribution in [1.29, 1.82) is 0 Å². The van der Waals surface area contributed by atoms with Gasteiger partial charge in [-0.15, -0.1) is 0 Å². The molecule has 1 heterocycles. The lowest BCUT2D eigenvalue weighted by Gasteiger charge is -2.09. The zero-order valence-electron chi connectivity index (χ0n) is 8.95. The lowest BCUT2D eigenvalue weighted by molar-refractivity contribution is 0.231. The maximum atomic E-state index is 5.63. The Hall–Kier alpha value is -1.32. The SMILES string of the molecule is CCCc1nc(N)cc(OC(C)C)n1. The van der Waals surface area contributed by atoms with Crippen LogP contribution in [0.4, 0.5) is 5.82 Å². The minimum Gasteiger partial charge on any atom is -0.475 e. The molecule has 0 aliphatic heterocycles. The van der Waals surface area contributed by atoms with Gasteiger partial charge in [-0.25, -0.2) is 4.98 Å². The van der Waals surface area contributed by atoms with Gasteiger partial charge in [0.05, 0.1) is 6.10 Å². The highest BCUT2D eigenvalue weighted by Crippen LogP contribution is 2.13. The van der Waals surface area contributed by atoms with Crippen molar-refractivity contribution in [1.82, 2.24) is 9.97 Å². The predicted molar refractivity (Wildman–Crippen MR) is 56.2 cm³/mol. The average molecular weight is 195 g/mol. The molecule has 0 atom stereocenters. The van der Waals surface area contributed by atoms with E-state index in [-0.39, 0.29) is 6.10 Å². The Bertz CT molecular complexity index is 299. The summed E-state index contributed by atoms with van der Waals surface area (Å²) in [5, 5.41) is 0. The van der Waals surface area contributed by atoms with Crippen molar-refractivity contribution in [3.05, 3.63) is 11.9 Å². The highest BCUT2D eigenvalue weighted by molar-refractivity contribution is 5.32. The van der Waals surface area contributed by atoms with Crippen LogP contribution in [0, 0.1) is 0 Å². The third-order valence-electron chi connectivity index (χ3n) is 1.60. The minimum atomic E-state index is 0.110. The third kappa shape index (κ3) is 3.20. The Labute approximate surface area is 84.5 Å². The first-order chi connectivity index (χ1) is 6.61. The summed E-state index contributed by atoms with van der Waals surface area (Å²) in [5.41, 5.74) is 5.63. The minimum absolute atomic E-state index is 0.110. The highest BCUT2D eigenvalue weighted by Gasteiger charge is 2.04. The van der Waals surface area contributed by atoms with Gasteiger partial charge in [-0.1, -0.05) is 6.92 Å². The van der Waals surface area contributed by atoms with Crippen molar-refractivity contribution in [2.45, 2.75) is 39.7 Å². The molecule has 0 spiro atoms. The van der Waals surface area contributed by atoms with Crippen LogP contribution in [-0.4, -0.2) is 16.1 Å². The molecule has 0 aliphatic rings. The summed E-state index contributed by atoms with van der Waals surface area (Å²) in [5.74, 6) is 1.79. The van der Waals surface area contributed by atoms with Crippen LogP contribution in [0.25, 0.3) is 0 Å². The Morgan fingerprint density at radius 2 is 2.14 bits per heavy atom. The van der Waals surface area contributed by atoms with Crippen molar-refractivity contribution in [2.75, 3.05) is 5.73 Å². The van der Waals surface area contributed by atoms with Gasteiger partial charge in [0.15, 0.2) is 0 Å². The average Bonchev–Trinajstić information content (AvgIpc) is 2.01. The van der Waals surface area contributed by atoms with Crippen LogP contribution in [0.5, 0.6) is 5.88 Å². The molecule has 0 amide bonds. The number of hydrogen-bond donors (Lipinski definition) is 1. The maximum absolute atomic E-state index is 5.63. The molecule has 1 rings (SSSR count). The number of nitrogens with two attached hydrogens (primary N) is 1. The van der Waals surface area contributed by atoms with Crippen LogP contribution in [0.2, 0.25) is 0 Å². The fourth-order valence-electron chi connectivity index (χ4n) is 1.13. The molecule has 78 valence electrons. The molecule has 0 saturated heterocycles. The third-order valence-corrected chi connectivity index (χ3v) is 1.60. The van der Waals surface area contributed by atoms with Gasteiger partial charge >= 0.3 is 0 Å². The summed E-state index contributed by atoms with van der Waals surface area (Å²) >= 11 is 0. The number of hydrogen-bond acceptors (Lipinski definition) is 4. The van der Waals surface area contributed by atoms with Crippen molar-refractivity contribution in [3.8, 4) is 5.88 Å². The predicted octanol–water partition coefficient (Wildman–Crippen LogP) is 1.80. The van der Waals surface area contributed by atoms with Crippen LogP contribution < -0.4 is 10.5 Å². The van der Waals surface area contributed by atoms with Gasteiger partial charge in [0, 0.05) is 12.5 Å². The normalized spacial score (nSPS) is 10.6. The van der Waals surface area contributed by atoms with E-state index in [9.17, 15) is 0 Å². The molecular formula is C10H17N3O. The molecule has 0 saturated carbocycles. The first-order valence-corrected chi connectivity index (χ1v) is 4.92. The fraction of sp³-hybridized carbons (Fsp3) is 0.600. The Kier molecular flexibility index (Phi) is 3.68. The smallest absolute Gasteiger partial charge is 0.218 e. The maximum Gasteiger partial charge on any atom is 0.218 e. The number of aromatic nitrogens is 2. The van der Waals surface area contributed by atoms with Crippen molar-refractivity contribution in [2.24, 2.45) is 0 Å². The monoisotopic (exact) mass is 195 g/mol. The van der Waals surface area contributed by atoms with E-state index in [1.54, 1.807) is 6.07 Å². The number of nitrogen functional groups attached to an aromatic ring is 1. The Balaban J connectivity index is 2.83. The Morgan fingerprint density at radius 3 is 2.71 bits per heavy atom. The lowest BCUT2D eigenvalue weighted by Crippen LogP contribution is -2.09. The quantitative estimate of drug-likeness (QED) is 0.795. The summed E-state index contributed by atoms with van der Waals surface area (Å²) in [7, 11) is 0. The van der Waals surface area contributed by atoms with E-state index < -0.39 is 0 Å². The summed E-state index contributed by atoms with van der Waals surface area (Å²) in [6, 6.07) is 1.65. The first-order valence-electron chi connectivity index (χ1n) is 4.92. The molecule has 2 N–H and O–H groups in total. The second-order valence-electron chi connectivity index (χ2n) is 3.46. The molecule has 0 aromatic carbocycles. The van der Waals surface area contributed by atoms with Crippen molar-refractivity contribution >= 4 is 5.82 Å². The standard InChI is InChI=1S/C10H17N3O/c1-4-5-9-12-8(11)6-10(13-9)14-7(2)3/h6-7H,4-5H2,1-3H3,(H2,11,12,13). The van der Waals surface area contributed by atoms with Crippen LogP contribution in [0.15, 0.2) is 6.07 Å². The molecule has 0 fully saturated rings. The van der Waals surface area contributed by atoms with Gasteiger partial charge in [-0.3, -0.25) is 0 Å². The summed E-state index contributed by atoms with van der Waals surface area (Å²) in [6.07, 6.45) is 1.95. The lowest BCUT2D eigenvalue weighted by atomic mass is 10.3. The summed E-state index contributed by atoms with van der Waals surface area (Å²) in [4.78, 5) is 8.37. The fourth-order valence-corrected chi connectivity index (χ4v) is 1.13. The number of anilines is 1. The molecule has 1 aromatic rings. The molecule has 0 bridgehead atoms. The van der Waals surface area contributed by atoms with E-state index in [1.807, 2.05) is 13.8 Å². The number of aryl methyl sites for hydroxylation is 1. The molecular weight excluding hydrogens is 178 g/mol. The first kappa shape index (κ1) is 10.8. The summed E-state index contributed by atoms with van der Waals surface area (Å²) in [6.45, 7) is 5.99. The molecule has 1 aromatic heterocycles. The van der Waals surface area contributed by atoms with E-state index in [0.717, 1.165) is 18.7 Å². The van der Waals surface area contributed by atoms with Crippen molar-refractivity contribution in [3.63, 3.8) is 0 Å². The largest absolute Gasteiger partial charge is 0.475 e. The zero-order chi connectivity index (χ0) is 10.6. The molecule has 0 aliphatic carbocycles. The van der Waals surface area contributed by atoms with Crippen molar-refractivity contribution < 1.29 is 4.74 Å².